The summed E-state index contributed by atoms with van der Waals surface area (Å²) >= 11 is 0. The number of carbonyl (C=O) groups excluding carboxylic acids is 1. The summed E-state index contributed by atoms with van der Waals surface area (Å²) in [4.78, 5) is 11.3. The van der Waals surface area contributed by atoms with Gasteiger partial charge in [0.1, 0.15) is 5.75 Å². The molecule has 0 spiro atoms. The number of unbranched alkanes of at least 4 members (excludes halogenated alkanes) is 9. The summed E-state index contributed by atoms with van der Waals surface area (Å²) in [6.07, 6.45) is 14.1. The van der Waals surface area contributed by atoms with Crippen LogP contribution in [0.5, 0.6) is 5.75 Å². The summed E-state index contributed by atoms with van der Waals surface area (Å²) in [7, 11) is 0. The number of rotatable bonds is 19. The minimum atomic E-state index is -0.280. The molecule has 0 aliphatic rings. The van der Waals surface area contributed by atoms with Crippen molar-refractivity contribution < 1.29 is 14.3 Å². The third-order valence-corrected chi connectivity index (χ3v) is 6.01. The van der Waals surface area contributed by atoms with Crippen LogP contribution < -0.4 is 4.74 Å². The molecular formula is C31H44N2O3. The van der Waals surface area contributed by atoms with Gasteiger partial charge >= 0.3 is 5.97 Å². The fourth-order valence-corrected chi connectivity index (χ4v) is 3.75. The molecule has 0 amide bonds. The first kappa shape index (κ1) is 29.3. The van der Waals surface area contributed by atoms with Crippen molar-refractivity contribution >= 4 is 17.3 Å². The molecule has 0 aliphatic carbocycles. The summed E-state index contributed by atoms with van der Waals surface area (Å²) in [5.74, 6) is 0.598. The second-order valence-corrected chi connectivity index (χ2v) is 9.41. The van der Waals surface area contributed by atoms with Crippen LogP contribution >= 0.6 is 0 Å². The van der Waals surface area contributed by atoms with Crippen molar-refractivity contribution in [3.8, 4) is 5.75 Å². The smallest absolute Gasteiger partial charge is 0.333 e. The van der Waals surface area contributed by atoms with Crippen LogP contribution in [0.1, 0.15) is 90.0 Å². The largest absolute Gasteiger partial charge is 0.494 e. The van der Waals surface area contributed by atoms with Gasteiger partial charge in [-0.3, -0.25) is 0 Å². The van der Waals surface area contributed by atoms with Gasteiger partial charge in [0.15, 0.2) is 0 Å². The Bertz CT molecular complexity index is 904. The number of ether oxygens (including phenoxy) is 2. The van der Waals surface area contributed by atoms with Gasteiger partial charge in [0, 0.05) is 5.57 Å². The van der Waals surface area contributed by atoms with E-state index in [1.807, 2.05) is 36.4 Å². The summed E-state index contributed by atoms with van der Waals surface area (Å²) in [5.41, 5.74) is 3.52. The maximum atomic E-state index is 11.3. The molecule has 0 aliphatic heterocycles. The van der Waals surface area contributed by atoms with Gasteiger partial charge in [-0.2, -0.15) is 10.2 Å². The minimum Gasteiger partial charge on any atom is -0.494 e. The standard InChI is InChI=1S/C31H44N2O3/c1-4-5-15-27-16-18-28(19-17-27)32-33-29-20-22-30(23-21-29)35-24-13-11-9-7-6-8-10-12-14-25-36-31(34)26(2)3/h16-23H,2,4-15,24-25H2,1,3H3. The van der Waals surface area contributed by atoms with E-state index >= 15 is 0 Å². The highest BCUT2D eigenvalue weighted by Gasteiger charge is 2.02. The van der Waals surface area contributed by atoms with Crippen molar-refractivity contribution in [1.29, 1.82) is 0 Å². The molecule has 0 bridgehead atoms. The number of benzene rings is 2. The van der Waals surface area contributed by atoms with Gasteiger partial charge in [-0.1, -0.05) is 77.0 Å². The Labute approximate surface area is 218 Å². The van der Waals surface area contributed by atoms with Crippen LogP contribution in [-0.4, -0.2) is 19.2 Å². The Kier molecular flexibility index (Phi) is 14.9. The van der Waals surface area contributed by atoms with E-state index in [9.17, 15) is 4.79 Å². The van der Waals surface area contributed by atoms with Crippen LogP contribution in [0.25, 0.3) is 0 Å². The van der Waals surface area contributed by atoms with Crippen LogP contribution in [0.4, 0.5) is 11.4 Å². The molecule has 196 valence electrons. The van der Waals surface area contributed by atoms with Gasteiger partial charge in [-0.15, -0.1) is 0 Å². The number of hydrogen-bond donors (Lipinski definition) is 0. The topological polar surface area (TPSA) is 60.2 Å². The molecule has 0 unspecified atom stereocenters. The highest BCUT2D eigenvalue weighted by Crippen LogP contribution is 2.22. The first-order chi connectivity index (χ1) is 17.6. The number of aryl methyl sites for hydroxylation is 1. The molecule has 0 N–H and O–H groups in total. The van der Waals surface area contributed by atoms with E-state index in [0.717, 1.165) is 49.4 Å². The average molecular weight is 493 g/mol. The lowest BCUT2D eigenvalue weighted by atomic mass is 10.1. The molecule has 0 atom stereocenters. The van der Waals surface area contributed by atoms with Gasteiger partial charge < -0.3 is 9.47 Å². The molecule has 5 nitrogen and oxygen atoms in total. The van der Waals surface area contributed by atoms with Gasteiger partial charge in [0.25, 0.3) is 0 Å². The lowest BCUT2D eigenvalue weighted by molar-refractivity contribution is -0.139. The van der Waals surface area contributed by atoms with Crippen LogP contribution in [0.15, 0.2) is 70.9 Å². The maximum absolute atomic E-state index is 11.3. The second kappa shape index (κ2) is 18.3. The van der Waals surface area contributed by atoms with Crippen molar-refractivity contribution in [3.05, 3.63) is 66.2 Å². The Hall–Kier alpha value is -2.95. The molecule has 2 aromatic rings. The van der Waals surface area contributed by atoms with Crippen molar-refractivity contribution in [1.82, 2.24) is 0 Å². The Balaban J connectivity index is 1.47. The van der Waals surface area contributed by atoms with E-state index < -0.39 is 0 Å². The quantitative estimate of drug-likeness (QED) is 0.0849. The fourth-order valence-electron chi connectivity index (χ4n) is 3.75. The van der Waals surface area contributed by atoms with Gasteiger partial charge in [-0.05, 0) is 74.6 Å². The summed E-state index contributed by atoms with van der Waals surface area (Å²) in [6, 6.07) is 16.1. The Morgan fingerprint density at radius 3 is 1.75 bits per heavy atom. The molecule has 0 saturated carbocycles. The molecule has 36 heavy (non-hydrogen) atoms. The maximum Gasteiger partial charge on any atom is 0.333 e. The van der Waals surface area contributed by atoms with Crippen LogP contribution in [0.3, 0.4) is 0 Å². The third kappa shape index (κ3) is 13.2. The van der Waals surface area contributed by atoms with Gasteiger partial charge in [0.2, 0.25) is 0 Å². The first-order valence-corrected chi connectivity index (χ1v) is 13.6. The van der Waals surface area contributed by atoms with E-state index in [4.69, 9.17) is 9.47 Å². The van der Waals surface area contributed by atoms with Crippen LogP contribution in [0, 0.1) is 0 Å². The predicted octanol–water partition coefficient (Wildman–Crippen LogP) is 9.45. The molecular weight excluding hydrogens is 448 g/mol. The van der Waals surface area contributed by atoms with Crippen molar-refractivity contribution in [3.63, 3.8) is 0 Å². The number of carbonyl (C=O) groups is 1. The summed E-state index contributed by atoms with van der Waals surface area (Å²) < 4.78 is 11.0. The second-order valence-electron chi connectivity index (χ2n) is 9.41. The van der Waals surface area contributed by atoms with Gasteiger partial charge in [0.05, 0.1) is 24.6 Å². The van der Waals surface area contributed by atoms with E-state index in [1.54, 1.807) is 6.92 Å². The number of hydrogen-bond acceptors (Lipinski definition) is 5. The molecule has 0 heterocycles. The molecule has 2 rings (SSSR count). The zero-order valence-corrected chi connectivity index (χ0v) is 22.3. The van der Waals surface area contributed by atoms with Crippen molar-refractivity contribution in [2.45, 2.75) is 90.9 Å². The molecule has 0 radical (unpaired) electrons. The normalized spacial score (nSPS) is 11.1. The highest BCUT2D eigenvalue weighted by atomic mass is 16.5. The average Bonchev–Trinajstić information content (AvgIpc) is 2.90. The third-order valence-electron chi connectivity index (χ3n) is 6.01. The molecule has 0 saturated heterocycles. The first-order valence-electron chi connectivity index (χ1n) is 13.6. The summed E-state index contributed by atoms with van der Waals surface area (Å²) in [5, 5.41) is 8.67. The molecule has 0 aromatic heterocycles. The number of nitrogens with zero attached hydrogens (tertiary/aromatic N) is 2. The number of azo groups is 1. The van der Waals surface area contributed by atoms with E-state index in [0.29, 0.717) is 12.2 Å². The SMILES string of the molecule is C=C(C)C(=O)OCCCCCCCCCCCOc1ccc(N=Nc2ccc(CCCC)cc2)cc1. The zero-order chi connectivity index (χ0) is 25.8. The van der Waals surface area contributed by atoms with Crippen molar-refractivity contribution in [2.24, 2.45) is 10.2 Å². The Morgan fingerprint density at radius 1 is 0.722 bits per heavy atom. The van der Waals surface area contributed by atoms with Crippen LogP contribution in [0.2, 0.25) is 0 Å². The number of esters is 1. The molecule has 2 aromatic carbocycles. The Morgan fingerprint density at radius 2 is 1.22 bits per heavy atom. The van der Waals surface area contributed by atoms with E-state index in [-0.39, 0.29) is 5.97 Å². The van der Waals surface area contributed by atoms with E-state index in [1.165, 1.54) is 56.9 Å². The van der Waals surface area contributed by atoms with E-state index in [2.05, 4.69) is 35.9 Å². The monoisotopic (exact) mass is 492 g/mol. The zero-order valence-electron chi connectivity index (χ0n) is 22.3. The van der Waals surface area contributed by atoms with Crippen LogP contribution in [-0.2, 0) is 16.0 Å². The highest BCUT2D eigenvalue weighted by molar-refractivity contribution is 5.86. The fraction of sp³-hybridized carbons (Fsp3) is 0.516. The minimum absolute atomic E-state index is 0.280. The predicted molar refractivity (Wildman–Crippen MR) is 148 cm³/mol. The lowest BCUT2D eigenvalue weighted by Crippen LogP contribution is -2.05. The summed E-state index contributed by atoms with van der Waals surface area (Å²) in [6.45, 7) is 8.72. The van der Waals surface area contributed by atoms with Crippen molar-refractivity contribution in [2.75, 3.05) is 13.2 Å². The lowest BCUT2D eigenvalue weighted by Gasteiger charge is -2.06. The molecule has 0 fully saturated rings. The molecule has 5 heteroatoms. The van der Waals surface area contributed by atoms with Gasteiger partial charge in [-0.25, -0.2) is 4.79 Å².